The molecular formula is C17H8BrF3N2O6. The summed E-state index contributed by atoms with van der Waals surface area (Å²) < 4.78 is 46.6. The van der Waals surface area contributed by atoms with Crippen LogP contribution in [0.4, 0.5) is 13.2 Å². The van der Waals surface area contributed by atoms with Crippen molar-refractivity contribution in [2.45, 2.75) is 6.18 Å². The van der Waals surface area contributed by atoms with E-state index in [-0.39, 0.29) is 5.52 Å². The van der Waals surface area contributed by atoms with Crippen molar-refractivity contribution in [3.8, 4) is 0 Å². The van der Waals surface area contributed by atoms with Crippen LogP contribution in [0.25, 0.3) is 21.8 Å². The van der Waals surface area contributed by atoms with E-state index in [1.165, 1.54) is 6.07 Å². The molecule has 29 heavy (non-hydrogen) atoms. The van der Waals surface area contributed by atoms with Crippen molar-refractivity contribution in [3.63, 3.8) is 0 Å². The Labute approximate surface area is 164 Å². The van der Waals surface area contributed by atoms with Gasteiger partial charge in [0.05, 0.1) is 27.4 Å². The molecule has 150 valence electrons. The summed E-state index contributed by atoms with van der Waals surface area (Å²) in [6.07, 6.45) is -4.67. The molecule has 2 heterocycles. The number of hydrogen-bond donors (Lipinski definition) is 2. The number of nitrogens with one attached hydrogen (secondary N) is 2. The van der Waals surface area contributed by atoms with Crippen molar-refractivity contribution in [2.24, 2.45) is 0 Å². The maximum absolute atomic E-state index is 12.5. The van der Waals surface area contributed by atoms with Gasteiger partial charge in [0.15, 0.2) is 0 Å². The molecule has 0 atom stereocenters. The number of alkyl halides is 3. The molecule has 0 aliphatic rings. The van der Waals surface area contributed by atoms with Crippen LogP contribution >= 0.6 is 15.9 Å². The molecule has 0 radical (unpaired) electrons. The van der Waals surface area contributed by atoms with Gasteiger partial charge in [-0.1, -0.05) is 12.1 Å². The van der Waals surface area contributed by atoms with Gasteiger partial charge in [-0.2, -0.15) is 13.2 Å². The Hall–Kier alpha value is -3.41. The normalized spacial score (nSPS) is 11.3. The first-order chi connectivity index (χ1) is 13.6. The van der Waals surface area contributed by atoms with Crippen LogP contribution in [0.3, 0.4) is 0 Å². The summed E-state index contributed by atoms with van der Waals surface area (Å²) in [5.41, 5.74) is -2.79. The van der Waals surface area contributed by atoms with Crippen molar-refractivity contribution in [1.82, 2.24) is 9.97 Å². The molecule has 2 aromatic heterocycles. The smallest absolute Gasteiger partial charge is 0.372 e. The first kappa shape index (κ1) is 20.3. The minimum atomic E-state index is -4.67. The summed E-state index contributed by atoms with van der Waals surface area (Å²) in [7, 11) is 0. The molecule has 0 aliphatic heterocycles. The summed E-state index contributed by atoms with van der Waals surface area (Å²) in [4.78, 5) is 48.4. The van der Waals surface area contributed by atoms with E-state index in [1.54, 1.807) is 18.2 Å². The van der Waals surface area contributed by atoms with Crippen LogP contribution in [0.2, 0.25) is 0 Å². The highest BCUT2D eigenvalue weighted by atomic mass is 79.9. The van der Waals surface area contributed by atoms with Gasteiger partial charge in [-0.3, -0.25) is 9.97 Å². The van der Waals surface area contributed by atoms with Crippen LogP contribution in [-0.2, 0) is 6.18 Å². The molecule has 0 bridgehead atoms. The van der Waals surface area contributed by atoms with Gasteiger partial charge in [0, 0.05) is 4.47 Å². The Morgan fingerprint density at radius 3 is 1.79 bits per heavy atom. The second kappa shape index (κ2) is 7.54. The largest absolute Gasteiger partial charge is 0.419 e. The second-order valence-electron chi connectivity index (χ2n) is 5.49. The maximum Gasteiger partial charge on any atom is 0.419 e. The van der Waals surface area contributed by atoms with Gasteiger partial charge < -0.3 is 8.83 Å². The fourth-order valence-electron chi connectivity index (χ4n) is 2.49. The van der Waals surface area contributed by atoms with Gasteiger partial charge in [0.2, 0.25) is 0 Å². The van der Waals surface area contributed by atoms with E-state index in [2.05, 4.69) is 29.7 Å². The molecule has 4 rings (SSSR count). The number of rotatable bonds is 0. The zero-order chi connectivity index (χ0) is 21.3. The van der Waals surface area contributed by atoms with Gasteiger partial charge in [-0.25, -0.2) is 19.2 Å². The number of hydrogen-bond acceptors (Lipinski definition) is 6. The Balaban J connectivity index is 0.000000169. The Morgan fingerprint density at radius 2 is 1.24 bits per heavy atom. The average molecular weight is 473 g/mol. The van der Waals surface area contributed by atoms with Crippen LogP contribution in [0.5, 0.6) is 0 Å². The van der Waals surface area contributed by atoms with Gasteiger partial charge in [-0.05, 0) is 40.2 Å². The van der Waals surface area contributed by atoms with E-state index in [1.807, 2.05) is 4.98 Å². The van der Waals surface area contributed by atoms with E-state index < -0.39 is 39.9 Å². The van der Waals surface area contributed by atoms with E-state index >= 15 is 0 Å². The molecule has 0 fully saturated rings. The lowest BCUT2D eigenvalue weighted by Gasteiger charge is -2.07. The molecule has 0 saturated carbocycles. The Kier molecular flexibility index (Phi) is 5.29. The molecule has 0 unspecified atom stereocenters. The number of benzene rings is 2. The fraction of sp³-hybridized carbons (Fsp3) is 0.0588. The number of halogens is 4. The predicted octanol–water partition coefficient (Wildman–Crippen LogP) is 2.74. The lowest BCUT2D eigenvalue weighted by atomic mass is 10.1. The standard InChI is InChI=1S/C9H4F3NO3.C8H4BrNO3/c10-9(11,12)4-2-1-3-5-6(4)7(14)16-8(15)13-5;9-4-2-1-3-5-6(4)7(11)13-8(12)10-5/h1-3H,(H,13,15);1-3H,(H,10,12). The molecule has 0 aliphatic carbocycles. The van der Waals surface area contributed by atoms with Crippen molar-refractivity contribution in [3.05, 3.63) is 88.4 Å². The van der Waals surface area contributed by atoms with Gasteiger partial charge in [0.25, 0.3) is 0 Å². The predicted molar refractivity (Wildman–Crippen MR) is 98.9 cm³/mol. The minimum Gasteiger partial charge on any atom is -0.372 e. The number of aromatic amines is 2. The second-order valence-corrected chi connectivity index (χ2v) is 6.35. The van der Waals surface area contributed by atoms with Crippen molar-refractivity contribution in [1.29, 1.82) is 0 Å². The van der Waals surface area contributed by atoms with E-state index in [9.17, 15) is 32.3 Å². The van der Waals surface area contributed by atoms with E-state index in [4.69, 9.17) is 0 Å². The zero-order valence-corrected chi connectivity index (χ0v) is 15.5. The maximum atomic E-state index is 12.5. The lowest BCUT2D eigenvalue weighted by Crippen LogP contribution is -2.18. The molecule has 8 nitrogen and oxygen atoms in total. The quantitative estimate of drug-likeness (QED) is 0.405. The average Bonchev–Trinajstić information content (AvgIpc) is 2.60. The highest BCUT2D eigenvalue weighted by molar-refractivity contribution is 9.10. The first-order valence-electron chi connectivity index (χ1n) is 7.63. The van der Waals surface area contributed by atoms with Crippen molar-refractivity contribution in [2.75, 3.05) is 0 Å². The molecule has 0 spiro atoms. The monoisotopic (exact) mass is 472 g/mol. The Morgan fingerprint density at radius 1 is 0.759 bits per heavy atom. The summed E-state index contributed by atoms with van der Waals surface area (Å²) in [6, 6.07) is 8.11. The van der Waals surface area contributed by atoms with Gasteiger partial charge in [-0.15, -0.1) is 0 Å². The third-order valence-electron chi connectivity index (χ3n) is 3.64. The molecule has 0 amide bonds. The summed E-state index contributed by atoms with van der Waals surface area (Å²) in [5, 5.41) is -0.322. The number of fused-ring (bicyclic) bond motifs is 2. The van der Waals surface area contributed by atoms with E-state index in [0.717, 1.165) is 12.1 Å². The number of H-pyrrole nitrogens is 2. The highest BCUT2D eigenvalue weighted by Crippen LogP contribution is 2.32. The summed E-state index contributed by atoms with van der Waals surface area (Å²) in [5.74, 6) is -1.83. The van der Waals surface area contributed by atoms with E-state index in [0.29, 0.717) is 15.4 Å². The van der Waals surface area contributed by atoms with Crippen LogP contribution in [0.1, 0.15) is 5.56 Å². The minimum absolute atomic E-state index is 0.198. The van der Waals surface area contributed by atoms with Crippen LogP contribution in [-0.4, -0.2) is 9.97 Å². The first-order valence-corrected chi connectivity index (χ1v) is 8.42. The van der Waals surface area contributed by atoms with Gasteiger partial charge >= 0.3 is 28.9 Å². The molecule has 4 aromatic rings. The zero-order valence-electron chi connectivity index (χ0n) is 13.9. The molecule has 2 N–H and O–H groups in total. The van der Waals surface area contributed by atoms with Gasteiger partial charge in [0.1, 0.15) is 0 Å². The topological polar surface area (TPSA) is 126 Å². The lowest BCUT2D eigenvalue weighted by molar-refractivity contribution is -0.136. The molecule has 0 saturated heterocycles. The van der Waals surface area contributed by atoms with Crippen molar-refractivity contribution < 1.29 is 22.0 Å². The van der Waals surface area contributed by atoms with Crippen molar-refractivity contribution >= 4 is 37.7 Å². The molecular weight excluding hydrogens is 465 g/mol. The molecule has 2 aromatic carbocycles. The fourth-order valence-corrected chi connectivity index (χ4v) is 3.02. The third-order valence-corrected chi connectivity index (χ3v) is 4.30. The third kappa shape index (κ3) is 4.21. The highest BCUT2D eigenvalue weighted by Gasteiger charge is 2.34. The summed E-state index contributed by atoms with van der Waals surface area (Å²) >= 11 is 3.19. The number of aromatic nitrogens is 2. The molecule has 12 heteroatoms. The van der Waals surface area contributed by atoms with Crippen LogP contribution in [0, 0.1) is 0 Å². The van der Waals surface area contributed by atoms with Crippen LogP contribution < -0.4 is 22.8 Å². The Bertz CT molecular complexity index is 1450. The summed E-state index contributed by atoms with van der Waals surface area (Å²) in [6.45, 7) is 0. The SMILES string of the molecule is O=c1[nH]c2cccc(Br)c2c(=O)o1.O=c1[nH]c2cccc(C(F)(F)F)c2c(=O)o1. The van der Waals surface area contributed by atoms with Crippen LogP contribution in [0.15, 0.2) is 68.9 Å².